The van der Waals surface area contributed by atoms with Gasteiger partial charge in [0.05, 0.1) is 0 Å². The molecular formula is C24H43N. The van der Waals surface area contributed by atoms with Crippen LogP contribution in [0.4, 0.5) is 0 Å². The van der Waals surface area contributed by atoms with Crippen LogP contribution in [0.5, 0.6) is 0 Å². The number of hydrogen-bond acceptors (Lipinski definition) is 1. The average Bonchev–Trinajstić information content (AvgIpc) is 2.65. The zero-order valence-electron chi connectivity index (χ0n) is 17.0. The topological polar surface area (TPSA) is 26.0 Å². The summed E-state index contributed by atoms with van der Waals surface area (Å²) in [5, 5.41) is 0. The fraction of sp³-hybridized carbons (Fsp3) is 0.750. The summed E-state index contributed by atoms with van der Waals surface area (Å²) in [4.78, 5) is 0. The van der Waals surface area contributed by atoms with Gasteiger partial charge in [-0.3, -0.25) is 0 Å². The summed E-state index contributed by atoms with van der Waals surface area (Å²) in [5.41, 5.74) is 7.68. The summed E-state index contributed by atoms with van der Waals surface area (Å²) < 4.78 is 0. The Labute approximate surface area is 157 Å². The van der Waals surface area contributed by atoms with Crippen LogP contribution >= 0.6 is 0 Å². The maximum Gasteiger partial charge on any atom is -0.00461 e. The normalized spacial score (nSPS) is 13.7. The standard InChI is InChI=1S/C24H43N/c1-3-5-7-8-9-10-15-18-23(20-22-16-13-11-14-17-22)24(21-25)19-12-6-4-2/h11,13-14,16-17,23-24H,3-10,12,15,18-21,25H2,1-2H3. The number of nitrogens with two attached hydrogens (primary N) is 1. The second-order valence-corrected chi connectivity index (χ2v) is 7.85. The zero-order chi connectivity index (χ0) is 18.2. The Balaban J connectivity index is 2.45. The lowest BCUT2D eigenvalue weighted by atomic mass is 9.80. The molecule has 2 atom stereocenters. The first-order chi connectivity index (χ1) is 12.3. The van der Waals surface area contributed by atoms with Gasteiger partial charge in [-0.15, -0.1) is 0 Å². The van der Waals surface area contributed by atoms with Crippen LogP contribution in [-0.2, 0) is 6.42 Å². The molecule has 0 aliphatic rings. The number of rotatable bonds is 16. The average molecular weight is 346 g/mol. The summed E-state index contributed by atoms with van der Waals surface area (Å²) in [6.45, 7) is 5.44. The van der Waals surface area contributed by atoms with Crippen molar-refractivity contribution in [2.24, 2.45) is 17.6 Å². The van der Waals surface area contributed by atoms with Crippen LogP contribution in [0.1, 0.15) is 96.5 Å². The van der Waals surface area contributed by atoms with Crippen molar-refractivity contribution in [1.82, 2.24) is 0 Å². The Hall–Kier alpha value is -0.820. The van der Waals surface area contributed by atoms with E-state index in [1.807, 2.05) is 0 Å². The highest BCUT2D eigenvalue weighted by atomic mass is 14.6. The molecule has 0 aliphatic carbocycles. The Morgan fingerprint density at radius 3 is 1.84 bits per heavy atom. The van der Waals surface area contributed by atoms with E-state index in [1.54, 1.807) is 0 Å². The lowest BCUT2D eigenvalue weighted by Gasteiger charge is -2.26. The van der Waals surface area contributed by atoms with Gasteiger partial charge in [-0.25, -0.2) is 0 Å². The molecule has 144 valence electrons. The highest BCUT2D eigenvalue weighted by Gasteiger charge is 2.20. The highest BCUT2D eigenvalue weighted by molar-refractivity contribution is 5.15. The van der Waals surface area contributed by atoms with E-state index in [1.165, 1.54) is 89.0 Å². The molecule has 0 fully saturated rings. The number of unbranched alkanes of at least 4 members (excludes halogenated alkanes) is 8. The van der Waals surface area contributed by atoms with Crippen molar-refractivity contribution in [2.45, 2.75) is 97.3 Å². The second kappa shape index (κ2) is 15.4. The third kappa shape index (κ3) is 10.7. The fourth-order valence-electron chi connectivity index (χ4n) is 3.99. The molecule has 0 saturated heterocycles. The van der Waals surface area contributed by atoms with Crippen molar-refractivity contribution in [3.8, 4) is 0 Å². The van der Waals surface area contributed by atoms with E-state index in [0.717, 1.165) is 12.5 Å². The van der Waals surface area contributed by atoms with Crippen LogP contribution in [0.3, 0.4) is 0 Å². The lowest BCUT2D eigenvalue weighted by molar-refractivity contribution is 0.283. The summed E-state index contributed by atoms with van der Waals surface area (Å²) in [6, 6.07) is 11.1. The monoisotopic (exact) mass is 345 g/mol. The maximum absolute atomic E-state index is 6.19. The first-order valence-electron chi connectivity index (χ1n) is 11.1. The molecule has 0 radical (unpaired) electrons. The molecule has 0 spiro atoms. The van der Waals surface area contributed by atoms with Gasteiger partial charge in [0.15, 0.2) is 0 Å². The predicted molar refractivity (Wildman–Crippen MR) is 113 cm³/mol. The van der Waals surface area contributed by atoms with Crippen molar-refractivity contribution >= 4 is 0 Å². The van der Waals surface area contributed by atoms with Gasteiger partial charge in [0.1, 0.15) is 0 Å². The number of hydrogen-bond donors (Lipinski definition) is 1. The third-order valence-corrected chi connectivity index (χ3v) is 5.67. The lowest BCUT2D eigenvalue weighted by Crippen LogP contribution is -2.25. The van der Waals surface area contributed by atoms with E-state index in [0.29, 0.717) is 5.92 Å². The molecule has 1 nitrogen and oxygen atoms in total. The van der Waals surface area contributed by atoms with Crippen LogP contribution in [0.2, 0.25) is 0 Å². The molecule has 1 heteroatoms. The molecule has 0 aliphatic heterocycles. The molecule has 0 saturated carbocycles. The molecule has 0 amide bonds. The van der Waals surface area contributed by atoms with E-state index in [-0.39, 0.29) is 0 Å². The minimum atomic E-state index is 0.701. The zero-order valence-corrected chi connectivity index (χ0v) is 17.0. The van der Waals surface area contributed by atoms with E-state index in [9.17, 15) is 0 Å². The predicted octanol–water partition coefficient (Wildman–Crippen LogP) is 7.14. The van der Waals surface area contributed by atoms with Crippen molar-refractivity contribution in [3.05, 3.63) is 35.9 Å². The van der Waals surface area contributed by atoms with Crippen LogP contribution in [0.25, 0.3) is 0 Å². The largest absolute Gasteiger partial charge is 0.330 e. The minimum absolute atomic E-state index is 0.701. The summed E-state index contributed by atoms with van der Waals surface area (Å²) in [5.74, 6) is 1.46. The van der Waals surface area contributed by atoms with Crippen LogP contribution in [0.15, 0.2) is 30.3 Å². The number of benzene rings is 1. The summed E-state index contributed by atoms with van der Waals surface area (Å²) >= 11 is 0. The fourth-order valence-corrected chi connectivity index (χ4v) is 3.99. The van der Waals surface area contributed by atoms with Crippen LogP contribution in [-0.4, -0.2) is 6.54 Å². The Kier molecular flexibility index (Phi) is 13.7. The first kappa shape index (κ1) is 22.2. The molecule has 2 N–H and O–H groups in total. The maximum atomic E-state index is 6.19. The van der Waals surface area contributed by atoms with Gasteiger partial charge in [0.25, 0.3) is 0 Å². The first-order valence-corrected chi connectivity index (χ1v) is 11.1. The Morgan fingerprint density at radius 1 is 0.680 bits per heavy atom. The summed E-state index contributed by atoms with van der Waals surface area (Å²) in [7, 11) is 0. The summed E-state index contributed by atoms with van der Waals surface area (Å²) in [6.07, 6.45) is 17.7. The van der Waals surface area contributed by atoms with E-state index < -0.39 is 0 Å². The van der Waals surface area contributed by atoms with Gasteiger partial charge in [-0.2, -0.15) is 0 Å². The molecule has 1 aromatic carbocycles. The van der Waals surface area contributed by atoms with Crippen LogP contribution < -0.4 is 5.73 Å². The van der Waals surface area contributed by atoms with E-state index in [2.05, 4.69) is 44.2 Å². The quantitative estimate of drug-likeness (QED) is 0.316. The van der Waals surface area contributed by atoms with Gasteiger partial charge >= 0.3 is 0 Å². The van der Waals surface area contributed by atoms with E-state index >= 15 is 0 Å². The third-order valence-electron chi connectivity index (χ3n) is 5.67. The van der Waals surface area contributed by atoms with Gasteiger partial charge in [0, 0.05) is 0 Å². The molecule has 0 bridgehead atoms. The Bertz CT molecular complexity index is 386. The van der Waals surface area contributed by atoms with E-state index in [4.69, 9.17) is 5.73 Å². The molecular weight excluding hydrogens is 302 g/mol. The van der Waals surface area contributed by atoms with Gasteiger partial charge in [0.2, 0.25) is 0 Å². The molecule has 0 aromatic heterocycles. The highest BCUT2D eigenvalue weighted by Crippen LogP contribution is 2.27. The van der Waals surface area contributed by atoms with Crippen molar-refractivity contribution in [2.75, 3.05) is 6.54 Å². The van der Waals surface area contributed by atoms with Crippen molar-refractivity contribution < 1.29 is 0 Å². The van der Waals surface area contributed by atoms with Crippen LogP contribution in [0, 0.1) is 11.8 Å². The molecule has 2 unspecified atom stereocenters. The molecule has 1 aromatic rings. The molecule has 0 heterocycles. The van der Waals surface area contributed by atoms with Crippen molar-refractivity contribution in [1.29, 1.82) is 0 Å². The molecule has 1 rings (SSSR count). The van der Waals surface area contributed by atoms with Gasteiger partial charge in [-0.1, -0.05) is 108 Å². The smallest absolute Gasteiger partial charge is 0.00461 e. The minimum Gasteiger partial charge on any atom is -0.330 e. The van der Waals surface area contributed by atoms with Crippen molar-refractivity contribution in [3.63, 3.8) is 0 Å². The van der Waals surface area contributed by atoms with Gasteiger partial charge < -0.3 is 5.73 Å². The Morgan fingerprint density at radius 2 is 1.20 bits per heavy atom. The SMILES string of the molecule is CCCCCCCCCC(Cc1ccccc1)C(CN)CCCCC. The van der Waals surface area contributed by atoms with Gasteiger partial charge in [-0.05, 0) is 43.2 Å². The second-order valence-electron chi connectivity index (χ2n) is 7.85. The molecule has 25 heavy (non-hydrogen) atoms.